The fourth-order valence-electron chi connectivity index (χ4n) is 3.09. The third kappa shape index (κ3) is 2.69. The first kappa shape index (κ1) is 16.0. The van der Waals surface area contributed by atoms with Crippen LogP contribution in [0.15, 0.2) is 24.3 Å². The molecule has 0 unspecified atom stereocenters. The van der Waals surface area contributed by atoms with Gasteiger partial charge in [-0.2, -0.15) is 0 Å². The van der Waals surface area contributed by atoms with Gasteiger partial charge in [-0.25, -0.2) is 9.59 Å². The van der Waals surface area contributed by atoms with Crippen molar-refractivity contribution in [3.8, 4) is 0 Å². The number of hydrogen-bond acceptors (Lipinski definition) is 2. The van der Waals surface area contributed by atoms with Crippen LogP contribution in [-0.4, -0.2) is 22.2 Å². The van der Waals surface area contributed by atoms with E-state index >= 15 is 0 Å². The van der Waals surface area contributed by atoms with Crippen LogP contribution in [0.5, 0.6) is 0 Å². The SMILES string of the molecule is CCCc1c(CCC)c(C(=O)O)c2ccccc2c1C(=O)O. The number of rotatable bonds is 6. The van der Waals surface area contributed by atoms with Gasteiger partial charge < -0.3 is 10.2 Å². The fourth-order valence-corrected chi connectivity index (χ4v) is 3.09. The van der Waals surface area contributed by atoms with Crippen molar-refractivity contribution in [3.05, 3.63) is 46.5 Å². The summed E-state index contributed by atoms with van der Waals surface area (Å²) >= 11 is 0. The van der Waals surface area contributed by atoms with E-state index < -0.39 is 11.9 Å². The number of carboxylic acid groups (broad SMARTS) is 2. The molecule has 0 aliphatic heterocycles. The van der Waals surface area contributed by atoms with Crippen LogP contribution < -0.4 is 0 Å². The molecule has 0 bridgehead atoms. The molecule has 0 fully saturated rings. The Morgan fingerprint density at radius 2 is 1.18 bits per heavy atom. The monoisotopic (exact) mass is 300 g/mol. The molecule has 0 amide bonds. The lowest BCUT2D eigenvalue weighted by atomic mass is 9.85. The highest BCUT2D eigenvalue weighted by atomic mass is 16.4. The van der Waals surface area contributed by atoms with E-state index in [-0.39, 0.29) is 11.1 Å². The third-order valence-corrected chi connectivity index (χ3v) is 3.86. The normalized spacial score (nSPS) is 10.8. The van der Waals surface area contributed by atoms with Crippen LogP contribution >= 0.6 is 0 Å². The van der Waals surface area contributed by atoms with Crippen molar-refractivity contribution in [3.63, 3.8) is 0 Å². The summed E-state index contributed by atoms with van der Waals surface area (Å²) < 4.78 is 0. The molecule has 0 heterocycles. The van der Waals surface area contributed by atoms with Gasteiger partial charge in [-0.05, 0) is 34.7 Å². The molecule has 0 spiro atoms. The maximum absolute atomic E-state index is 11.8. The molecule has 0 radical (unpaired) electrons. The van der Waals surface area contributed by atoms with Gasteiger partial charge in [0.15, 0.2) is 0 Å². The molecule has 0 saturated carbocycles. The molecule has 2 aromatic rings. The van der Waals surface area contributed by atoms with E-state index in [2.05, 4.69) is 0 Å². The molecular weight excluding hydrogens is 280 g/mol. The van der Waals surface area contributed by atoms with E-state index in [9.17, 15) is 19.8 Å². The molecule has 4 nitrogen and oxygen atoms in total. The molecule has 22 heavy (non-hydrogen) atoms. The Labute approximate surface area is 129 Å². The number of aromatic carboxylic acids is 2. The summed E-state index contributed by atoms with van der Waals surface area (Å²) in [6.07, 6.45) is 2.69. The zero-order valence-corrected chi connectivity index (χ0v) is 12.8. The largest absolute Gasteiger partial charge is 0.478 e. The molecule has 0 atom stereocenters. The highest BCUT2D eigenvalue weighted by Gasteiger charge is 2.24. The van der Waals surface area contributed by atoms with Gasteiger partial charge in [0.25, 0.3) is 0 Å². The number of benzene rings is 2. The van der Waals surface area contributed by atoms with Gasteiger partial charge in [-0.1, -0.05) is 51.0 Å². The van der Waals surface area contributed by atoms with E-state index in [0.717, 1.165) is 12.8 Å². The van der Waals surface area contributed by atoms with Crippen LogP contribution in [0.3, 0.4) is 0 Å². The minimum atomic E-state index is -0.992. The second-order valence-corrected chi connectivity index (χ2v) is 5.36. The van der Waals surface area contributed by atoms with Gasteiger partial charge in [0.05, 0.1) is 11.1 Å². The van der Waals surface area contributed by atoms with E-state index in [4.69, 9.17) is 0 Å². The van der Waals surface area contributed by atoms with Crippen molar-refractivity contribution in [2.75, 3.05) is 0 Å². The third-order valence-electron chi connectivity index (χ3n) is 3.86. The van der Waals surface area contributed by atoms with Crippen molar-refractivity contribution in [2.24, 2.45) is 0 Å². The lowest BCUT2D eigenvalue weighted by Crippen LogP contribution is -2.13. The van der Waals surface area contributed by atoms with Gasteiger partial charge in [0.1, 0.15) is 0 Å². The predicted molar refractivity (Wildman–Crippen MR) is 85.9 cm³/mol. The minimum absolute atomic E-state index is 0.255. The van der Waals surface area contributed by atoms with Crippen LogP contribution in [0, 0.1) is 0 Å². The van der Waals surface area contributed by atoms with Crippen LogP contribution in [0.25, 0.3) is 10.8 Å². The predicted octanol–water partition coefficient (Wildman–Crippen LogP) is 4.14. The van der Waals surface area contributed by atoms with E-state index in [1.807, 2.05) is 13.8 Å². The van der Waals surface area contributed by atoms with Crippen molar-refractivity contribution in [2.45, 2.75) is 39.5 Å². The Morgan fingerprint density at radius 1 is 0.818 bits per heavy atom. The average Bonchev–Trinajstić information content (AvgIpc) is 2.47. The van der Waals surface area contributed by atoms with E-state index in [0.29, 0.717) is 34.7 Å². The first-order valence-electron chi connectivity index (χ1n) is 7.55. The zero-order chi connectivity index (χ0) is 16.3. The Kier molecular flexibility index (Phi) is 4.81. The maximum atomic E-state index is 11.8. The lowest BCUT2D eigenvalue weighted by Gasteiger charge is -2.18. The zero-order valence-electron chi connectivity index (χ0n) is 12.8. The Morgan fingerprint density at radius 3 is 1.45 bits per heavy atom. The van der Waals surface area contributed by atoms with Crippen molar-refractivity contribution >= 4 is 22.7 Å². The molecular formula is C18H20O4. The minimum Gasteiger partial charge on any atom is -0.478 e. The molecule has 2 N–H and O–H groups in total. The standard InChI is InChI=1S/C18H20O4/c1-3-7-11-12(8-4-2)16(18(21)22)14-10-6-5-9-13(14)15(11)17(19)20/h5-6,9-10H,3-4,7-8H2,1-2H3,(H,19,20)(H,21,22). The van der Waals surface area contributed by atoms with Crippen LogP contribution in [0.1, 0.15) is 58.5 Å². The highest BCUT2D eigenvalue weighted by molar-refractivity contribution is 6.13. The van der Waals surface area contributed by atoms with E-state index in [1.165, 1.54) is 0 Å². The lowest BCUT2D eigenvalue weighted by molar-refractivity contribution is 0.0682. The summed E-state index contributed by atoms with van der Waals surface area (Å²) in [5, 5.41) is 20.3. The van der Waals surface area contributed by atoms with Crippen LogP contribution in [-0.2, 0) is 12.8 Å². The smallest absolute Gasteiger partial charge is 0.336 e. The Hall–Kier alpha value is -2.36. The van der Waals surface area contributed by atoms with Gasteiger partial charge >= 0.3 is 11.9 Å². The van der Waals surface area contributed by atoms with Crippen LogP contribution in [0.2, 0.25) is 0 Å². The molecule has 2 aromatic carbocycles. The molecule has 116 valence electrons. The molecule has 0 aromatic heterocycles. The van der Waals surface area contributed by atoms with Gasteiger partial charge in [-0.3, -0.25) is 0 Å². The van der Waals surface area contributed by atoms with Gasteiger partial charge in [0, 0.05) is 0 Å². The fraction of sp³-hybridized carbons (Fsp3) is 0.333. The Balaban J connectivity index is 3.02. The summed E-state index contributed by atoms with van der Waals surface area (Å²) in [5.74, 6) is -1.98. The number of fused-ring (bicyclic) bond motifs is 1. The molecule has 0 aliphatic carbocycles. The van der Waals surface area contributed by atoms with Crippen molar-refractivity contribution < 1.29 is 19.8 Å². The number of carboxylic acids is 2. The molecule has 4 heteroatoms. The second kappa shape index (κ2) is 6.60. The summed E-state index contributed by atoms with van der Waals surface area (Å²) in [6.45, 7) is 3.94. The number of carbonyl (C=O) groups is 2. The summed E-state index contributed by atoms with van der Waals surface area (Å²) in [7, 11) is 0. The van der Waals surface area contributed by atoms with Gasteiger partial charge in [-0.15, -0.1) is 0 Å². The topological polar surface area (TPSA) is 74.6 Å². The van der Waals surface area contributed by atoms with Crippen LogP contribution in [0.4, 0.5) is 0 Å². The first-order chi connectivity index (χ1) is 10.5. The van der Waals surface area contributed by atoms with Gasteiger partial charge in [0.2, 0.25) is 0 Å². The van der Waals surface area contributed by atoms with Crippen molar-refractivity contribution in [1.82, 2.24) is 0 Å². The van der Waals surface area contributed by atoms with E-state index in [1.54, 1.807) is 24.3 Å². The average molecular weight is 300 g/mol. The summed E-state index contributed by atoms with van der Waals surface area (Å²) in [5.41, 5.74) is 1.86. The maximum Gasteiger partial charge on any atom is 0.336 e. The summed E-state index contributed by atoms with van der Waals surface area (Å²) in [4.78, 5) is 23.6. The Bertz CT molecular complexity index is 669. The molecule has 2 rings (SSSR count). The molecule has 0 saturated heterocycles. The number of hydrogen-bond donors (Lipinski definition) is 2. The molecule has 0 aliphatic rings. The first-order valence-corrected chi connectivity index (χ1v) is 7.55. The quantitative estimate of drug-likeness (QED) is 0.840. The van der Waals surface area contributed by atoms with Crippen molar-refractivity contribution in [1.29, 1.82) is 0 Å². The summed E-state index contributed by atoms with van der Waals surface area (Å²) in [6, 6.07) is 6.88. The highest BCUT2D eigenvalue weighted by Crippen LogP contribution is 2.32. The second-order valence-electron chi connectivity index (χ2n) is 5.36.